The van der Waals surface area contributed by atoms with Crippen molar-refractivity contribution < 1.29 is 4.74 Å². The van der Waals surface area contributed by atoms with E-state index in [1.165, 1.54) is 35.2 Å². The summed E-state index contributed by atoms with van der Waals surface area (Å²) in [5.74, 6) is 0.896. The van der Waals surface area contributed by atoms with Gasteiger partial charge in [-0.15, -0.1) is 0 Å². The first-order valence-electron chi connectivity index (χ1n) is 7.51. The fourth-order valence-corrected chi connectivity index (χ4v) is 2.86. The zero-order chi connectivity index (χ0) is 14.7. The Morgan fingerprint density at radius 3 is 3.00 bits per heavy atom. The molecule has 0 radical (unpaired) electrons. The maximum Gasteiger partial charge on any atom is 0.142 e. The van der Waals surface area contributed by atoms with Crippen LogP contribution < -0.4 is 15.4 Å². The molecule has 0 bridgehead atoms. The van der Waals surface area contributed by atoms with Gasteiger partial charge in [-0.2, -0.15) is 0 Å². The van der Waals surface area contributed by atoms with Crippen molar-refractivity contribution >= 4 is 11.4 Å². The lowest BCUT2D eigenvalue weighted by Gasteiger charge is -2.22. The molecule has 1 aliphatic rings. The van der Waals surface area contributed by atoms with Gasteiger partial charge in [-0.05, 0) is 48.6 Å². The Hall–Kier alpha value is -2.16. The summed E-state index contributed by atoms with van der Waals surface area (Å²) >= 11 is 0. The zero-order valence-electron chi connectivity index (χ0n) is 12.7. The number of rotatable bonds is 4. The Kier molecular flexibility index (Phi) is 4.00. The van der Waals surface area contributed by atoms with E-state index in [9.17, 15) is 0 Å². The van der Waals surface area contributed by atoms with Gasteiger partial charge in [0.25, 0.3) is 0 Å². The van der Waals surface area contributed by atoms with Gasteiger partial charge < -0.3 is 15.4 Å². The Bertz CT molecular complexity index is 637. The van der Waals surface area contributed by atoms with Crippen LogP contribution in [0.3, 0.4) is 0 Å². The summed E-state index contributed by atoms with van der Waals surface area (Å²) in [6.45, 7) is 3.94. The summed E-state index contributed by atoms with van der Waals surface area (Å²) < 4.78 is 5.45. The first kappa shape index (κ1) is 13.8. The molecule has 0 atom stereocenters. The van der Waals surface area contributed by atoms with Crippen molar-refractivity contribution in [1.29, 1.82) is 0 Å². The van der Waals surface area contributed by atoms with E-state index in [1.807, 2.05) is 0 Å². The standard InChI is InChI=1S/C18H22N2O/c1-13-8-9-16(17(11-13)21-2)20-12-15-6-3-5-14-7-4-10-19-18(14)15/h3,5-6,8-9,11,19-20H,4,7,10,12H2,1-2H3. The molecule has 2 aromatic rings. The molecule has 2 N–H and O–H groups in total. The number of nitrogens with one attached hydrogen (secondary N) is 2. The fraction of sp³-hybridized carbons (Fsp3) is 0.333. The highest BCUT2D eigenvalue weighted by Gasteiger charge is 2.12. The molecular weight excluding hydrogens is 260 g/mol. The van der Waals surface area contributed by atoms with Gasteiger partial charge in [-0.3, -0.25) is 0 Å². The van der Waals surface area contributed by atoms with Gasteiger partial charge in [0.2, 0.25) is 0 Å². The number of aryl methyl sites for hydroxylation is 2. The number of ether oxygens (including phenoxy) is 1. The van der Waals surface area contributed by atoms with Crippen molar-refractivity contribution in [2.75, 3.05) is 24.3 Å². The molecule has 0 saturated heterocycles. The second kappa shape index (κ2) is 6.08. The van der Waals surface area contributed by atoms with E-state index >= 15 is 0 Å². The van der Waals surface area contributed by atoms with Crippen molar-refractivity contribution in [3.63, 3.8) is 0 Å². The molecule has 110 valence electrons. The molecule has 1 heterocycles. The lowest BCUT2D eigenvalue weighted by molar-refractivity contribution is 0.416. The van der Waals surface area contributed by atoms with Crippen molar-refractivity contribution in [3.8, 4) is 5.75 Å². The van der Waals surface area contributed by atoms with E-state index in [0.717, 1.165) is 24.5 Å². The van der Waals surface area contributed by atoms with Crippen LogP contribution in [0.1, 0.15) is 23.1 Å². The molecule has 0 unspecified atom stereocenters. The van der Waals surface area contributed by atoms with Crippen LogP contribution in [0.4, 0.5) is 11.4 Å². The van der Waals surface area contributed by atoms with Crippen LogP contribution in [0.25, 0.3) is 0 Å². The fourth-order valence-electron chi connectivity index (χ4n) is 2.86. The average Bonchev–Trinajstić information content (AvgIpc) is 2.53. The number of methoxy groups -OCH3 is 1. The second-order valence-electron chi connectivity index (χ2n) is 5.54. The molecule has 0 saturated carbocycles. The zero-order valence-corrected chi connectivity index (χ0v) is 12.7. The smallest absolute Gasteiger partial charge is 0.142 e. The van der Waals surface area contributed by atoms with Gasteiger partial charge in [0.15, 0.2) is 0 Å². The van der Waals surface area contributed by atoms with Crippen LogP contribution >= 0.6 is 0 Å². The Balaban J connectivity index is 1.79. The molecule has 21 heavy (non-hydrogen) atoms. The minimum absolute atomic E-state index is 0.801. The van der Waals surface area contributed by atoms with Gasteiger partial charge in [-0.25, -0.2) is 0 Å². The molecule has 0 spiro atoms. The van der Waals surface area contributed by atoms with E-state index in [0.29, 0.717) is 0 Å². The SMILES string of the molecule is COc1cc(C)ccc1NCc1cccc2c1NCCC2. The van der Waals surface area contributed by atoms with Gasteiger partial charge >= 0.3 is 0 Å². The van der Waals surface area contributed by atoms with Crippen LogP contribution in [0.2, 0.25) is 0 Å². The molecule has 1 aliphatic heterocycles. The highest BCUT2D eigenvalue weighted by Crippen LogP contribution is 2.29. The van der Waals surface area contributed by atoms with Crippen molar-refractivity contribution in [3.05, 3.63) is 53.1 Å². The first-order chi connectivity index (χ1) is 10.3. The summed E-state index contributed by atoms with van der Waals surface area (Å²) in [5, 5.41) is 7.03. The number of hydrogen-bond donors (Lipinski definition) is 2. The second-order valence-corrected chi connectivity index (χ2v) is 5.54. The van der Waals surface area contributed by atoms with Crippen molar-refractivity contribution in [2.45, 2.75) is 26.3 Å². The summed E-state index contributed by atoms with van der Waals surface area (Å²) in [7, 11) is 1.71. The molecular formula is C18H22N2O. The highest BCUT2D eigenvalue weighted by molar-refractivity contribution is 5.62. The third-order valence-electron chi connectivity index (χ3n) is 3.99. The predicted molar refractivity (Wildman–Crippen MR) is 88.3 cm³/mol. The van der Waals surface area contributed by atoms with Crippen LogP contribution in [0.5, 0.6) is 5.75 Å². The number of para-hydroxylation sites is 1. The molecule has 3 rings (SSSR count). The molecule has 3 nitrogen and oxygen atoms in total. The van der Waals surface area contributed by atoms with E-state index in [1.54, 1.807) is 7.11 Å². The molecule has 0 fully saturated rings. The summed E-state index contributed by atoms with van der Waals surface area (Å²) in [6, 6.07) is 12.8. The summed E-state index contributed by atoms with van der Waals surface area (Å²) in [6.07, 6.45) is 2.39. The van der Waals surface area contributed by atoms with Crippen LogP contribution in [0.15, 0.2) is 36.4 Å². The van der Waals surface area contributed by atoms with Gasteiger partial charge in [0.1, 0.15) is 5.75 Å². The topological polar surface area (TPSA) is 33.3 Å². The Morgan fingerprint density at radius 2 is 2.14 bits per heavy atom. The lowest BCUT2D eigenvalue weighted by atomic mass is 9.99. The van der Waals surface area contributed by atoms with Crippen molar-refractivity contribution in [1.82, 2.24) is 0 Å². The molecule has 2 aromatic carbocycles. The highest BCUT2D eigenvalue weighted by atomic mass is 16.5. The van der Waals surface area contributed by atoms with Crippen LogP contribution in [-0.2, 0) is 13.0 Å². The average molecular weight is 282 g/mol. The predicted octanol–water partition coefficient (Wildman–Crippen LogP) is 3.97. The molecule has 3 heteroatoms. The largest absolute Gasteiger partial charge is 0.495 e. The number of benzene rings is 2. The molecule has 0 aliphatic carbocycles. The third kappa shape index (κ3) is 2.97. The number of hydrogen-bond acceptors (Lipinski definition) is 3. The quantitative estimate of drug-likeness (QED) is 0.890. The molecule has 0 aromatic heterocycles. The number of anilines is 2. The minimum atomic E-state index is 0.801. The van der Waals surface area contributed by atoms with Gasteiger partial charge in [0, 0.05) is 18.8 Å². The first-order valence-corrected chi connectivity index (χ1v) is 7.51. The third-order valence-corrected chi connectivity index (χ3v) is 3.99. The monoisotopic (exact) mass is 282 g/mol. The Labute approximate surface area is 126 Å². The van der Waals surface area contributed by atoms with E-state index in [4.69, 9.17) is 4.74 Å². The summed E-state index contributed by atoms with van der Waals surface area (Å²) in [4.78, 5) is 0. The number of fused-ring (bicyclic) bond motifs is 1. The maximum absolute atomic E-state index is 5.45. The van der Waals surface area contributed by atoms with E-state index in [-0.39, 0.29) is 0 Å². The molecule has 0 amide bonds. The van der Waals surface area contributed by atoms with E-state index in [2.05, 4.69) is 54.0 Å². The van der Waals surface area contributed by atoms with Crippen LogP contribution in [-0.4, -0.2) is 13.7 Å². The normalized spacial score (nSPS) is 13.2. The van der Waals surface area contributed by atoms with Crippen LogP contribution in [0, 0.1) is 6.92 Å². The summed E-state index contributed by atoms with van der Waals surface area (Å²) in [5.41, 5.74) is 6.29. The van der Waals surface area contributed by atoms with E-state index < -0.39 is 0 Å². The van der Waals surface area contributed by atoms with Gasteiger partial charge in [0.05, 0.1) is 12.8 Å². The maximum atomic E-state index is 5.45. The lowest BCUT2D eigenvalue weighted by Crippen LogP contribution is -2.15. The van der Waals surface area contributed by atoms with Gasteiger partial charge in [-0.1, -0.05) is 24.3 Å². The Morgan fingerprint density at radius 1 is 1.24 bits per heavy atom. The minimum Gasteiger partial charge on any atom is -0.495 e. The van der Waals surface area contributed by atoms with Crippen molar-refractivity contribution in [2.24, 2.45) is 0 Å².